The number of ketones is 1. The molecule has 0 radical (unpaired) electrons. The molecule has 2 aromatic rings. The highest BCUT2D eigenvalue weighted by Gasteiger charge is 2.45. The van der Waals surface area contributed by atoms with Crippen LogP contribution in [0.25, 0.3) is 0 Å². The van der Waals surface area contributed by atoms with Gasteiger partial charge in [-0.1, -0.05) is 12.1 Å². The topological polar surface area (TPSA) is 88.0 Å². The quantitative estimate of drug-likeness (QED) is 0.579. The molecule has 36 heavy (non-hydrogen) atoms. The summed E-state index contributed by atoms with van der Waals surface area (Å²) in [5.41, 5.74) is 1.13. The predicted molar refractivity (Wildman–Crippen MR) is 135 cm³/mol. The second-order valence-corrected chi connectivity index (χ2v) is 10.3. The molecule has 2 atom stereocenters. The maximum absolute atomic E-state index is 13.7. The number of halogens is 1. The van der Waals surface area contributed by atoms with E-state index in [9.17, 15) is 18.8 Å². The van der Waals surface area contributed by atoms with Gasteiger partial charge in [0.25, 0.3) is 5.91 Å². The fourth-order valence-electron chi connectivity index (χ4n) is 4.78. The number of hydrogen-bond donors (Lipinski definition) is 0. The molecule has 196 valence electrons. The minimum absolute atomic E-state index is 0.0149. The second-order valence-electron chi connectivity index (χ2n) is 10.3. The number of likely N-dealkylation sites (tertiary alicyclic amines) is 1. The van der Waals surface area contributed by atoms with Gasteiger partial charge in [-0.25, -0.2) is 9.18 Å². The number of anilines is 1. The second kappa shape index (κ2) is 10.4. The largest absolute Gasteiger partial charge is 0.384 e. The highest BCUT2D eigenvalue weighted by molar-refractivity contribution is 5.95. The fraction of sp³-hybridized carbons (Fsp3) is 0.538. The molecule has 3 rings (SSSR count). The molecule has 2 amide bonds. The number of aromatic nitrogens is 2. The number of hydrogen-bond acceptors (Lipinski definition) is 6. The number of amides is 2. The molecule has 0 N–H and O–H groups in total. The molecule has 1 aliphatic heterocycles. The van der Waals surface area contributed by atoms with Gasteiger partial charge in [-0.2, -0.15) is 9.78 Å². The smallest absolute Gasteiger partial charge is 0.320 e. The third kappa shape index (κ3) is 5.13. The summed E-state index contributed by atoms with van der Waals surface area (Å²) >= 11 is 0. The highest BCUT2D eigenvalue weighted by atomic mass is 19.1. The van der Waals surface area contributed by atoms with Crippen LogP contribution in [0.5, 0.6) is 0 Å². The van der Waals surface area contributed by atoms with E-state index < -0.39 is 17.4 Å². The van der Waals surface area contributed by atoms with Gasteiger partial charge in [-0.15, -0.1) is 0 Å². The van der Waals surface area contributed by atoms with Gasteiger partial charge in [0.1, 0.15) is 11.6 Å². The van der Waals surface area contributed by atoms with Crippen molar-refractivity contribution < 1.29 is 23.5 Å². The maximum atomic E-state index is 13.7. The summed E-state index contributed by atoms with van der Waals surface area (Å²) in [5.74, 6) is -0.847. The first kappa shape index (κ1) is 27.3. The van der Waals surface area contributed by atoms with Crippen LogP contribution in [0.3, 0.4) is 0 Å². The monoisotopic (exact) mass is 501 g/mol. The summed E-state index contributed by atoms with van der Waals surface area (Å²) in [4.78, 5) is 44.3. The van der Waals surface area contributed by atoms with Crippen LogP contribution in [0.1, 0.15) is 48.3 Å². The molecule has 10 heteroatoms. The van der Waals surface area contributed by atoms with Crippen LogP contribution in [0.2, 0.25) is 0 Å². The van der Waals surface area contributed by atoms with Gasteiger partial charge in [-0.3, -0.25) is 9.59 Å². The van der Waals surface area contributed by atoms with Gasteiger partial charge in [0.15, 0.2) is 5.78 Å². The van der Waals surface area contributed by atoms with Crippen molar-refractivity contribution in [2.75, 3.05) is 46.3 Å². The molecule has 1 aromatic carbocycles. The number of carbonyl (C=O) groups is 3. The van der Waals surface area contributed by atoms with Crippen LogP contribution >= 0.6 is 0 Å². The zero-order valence-electron chi connectivity index (χ0n) is 22.3. The van der Waals surface area contributed by atoms with Gasteiger partial charge in [-0.05, 0) is 45.4 Å². The van der Waals surface area contributed by atoms with Crippen molar-refractivity contribution in [3.05, 3.63) is 46.9 Å². The van der Waals surface area contributed by atoms with Crippen LogP contribution in [-0.4, -0.2) is 84.7 Å². The summed E-state index contributed by atoms with van der Waals surface area (Å²) in [6.45, 7) is 7.78. The lowest BCUT2D eigenvalue weighted by molar-refractivity contribution is -0.118. The lowest BCUT2D eigenvalue weighted by Crippen LogP contribution is -2.42. The Labute approximate surface area is 211 Å². The van der Waals surface area contributed by atoms with Crippen molar-refractivity contribution in [1.29, 1.82) is 0 Å². The number of rotatable bonds is 7. The van der Waals surface area contributed by atoms with E-state index in [1.165, 1.54) is 33.7 Å². The summed E-state index contributed by atoms with van der Waals surface area (Å²) in [5, 5.41) is 4.69. The number of carbonyl (C=O) groups excluding carboxylic acids is 3. The summed E-state index contributed by atoms with van der Waals surface area (Å²) in [7, 11) is 6.65. The molecule has 1 saturated heterocycles. The van der Waals surface area contributed by atoms with Crippen molar-refractivity contribution in [3.63, 3.8) is 0 Å². The highest BCUT2D eigenvalue weighted by Crippen LogP contribution is 2.37. The fourth-order valence-corrected chi connectivity index (χ4v) is 4.78. The molecule has 0 aliphatic carbocycles. The van der Waals surface area contributed by atoms with Gasteiger partial charge in [0.05, 0.1) is 30.2 Å². The number of nitrogens with zero attached hydrogens (tertiary/aromatic N) is 5. The van der Waals surface area contributed by atoms with Crippen molar-refractivity contribution in [1.82, 2.24) is 19.6 Å². The minimum atomic E-state index is -0.881. The lowest BCUT2D eigenvalue weighted by atomic mass is 9.93. The Hall–Kier alpha value is -3.27. The molecular weight excluding hydrogens is 465 g/mol. The number of Topliss-reactive ketones (excluding diaryl/α,β-unsaturated/α-hetero) is 1. The Bertz CT molecular complexity index is 1140. The SMILES string of the molecule is COCC(C)(C)C(=O)n1nc(C2C(=O)CN(C(=O)N(C)C)C2C)c(C)c1N(C)Cc1ccc(F)cc1. The molecule has 0 spiro atoms. The first-order valence-corrected chi connectivity index (χ1v) is 11.9. The normalized spacial score (nSPS) is 18.0. The average Bonchev–Trinajstić information content (AvgIpc) is 3.29. The van der Waals surface area contributed by atoms with E-state index in [1.807, 2.05) is 25.8 Å². The van der Waals surface area contributed by atoms with Crippen molar-refractivity contribution in [2.24, 2.45) is 5.41 Å². The Morgan fingerprint density at radius 1 is 1.19 bits per heavy atom. The van der Waals surface area contributed by atoms with E-state index in [0.29, 0.717) is 23.6 Å². The molecule has 1 aliphatic rings. The van der Waals surface area contributed by atoms with E-state index >= 15 is 0 Å². The first-order valence-electron chi connectivity index (χ1n) is 11.9. The van der Waals surface area contributed by atoms with E-state index in [1.54, 1.807) is 40.1 Å². The molecule has 1 aromatic heterocycles. The van der Waals surface area contributed by atoms with E-state index in [4.69, 9.17) is 9.84 Å². The van der Waals surface area contributed by atoms with Crippen LogP contribution in [-0.2, 0) is 16.1 Å². The van der Waals surface area contributed by atoms with Crippen molar-refractivity contribution >= 4 is 23.5 Å². The lowest BCUT2D eigenvalue weighted by Gasteiger charge is -2.26. The Kier molecular flexibility index (Phi) is 7.88. The van der Waals surface area contributed by atoms with Crippen LogP contribution < -0.4 is 4.90 Å². The van der Waals surface area contributed by atoms with Crippen LogP contribution in [0.4, 0.5) is 15.0 Å². The molecule has 9 nitrogen and oxygen atoms in total. The summed E-state index contributed by atoms with van der Waals surface area (Å²) < 4.78 is 20.1. The number of methoxy groups -OCH3 is 1. The predicted octanol–water partition coefficient (Wildman–Crippen LogP) is 3.32. The summed E-state index contributed by atoms with van der Waals surface area (Å²) in [6, 6.07) is 5.48. The average molecular weight is 502 g/mol. The number of ether oxygens (including phenoxy) is 1. The molecule has 0 bridgehead atoms. The summed E-state index contributed by atoms with van der Waals surface area (Å²) in [6.07, 6.45) is 0. The van der Waals surface area contributed by atoms with Crippen molar-refractivity contribution in [3.8, 4) is 0 Å². The third-order valence-electron chi connectivity index (χ3n) is 6.67. The van der Waals surface area contributed by atoms with Gasteiger partial charge >= 0.3 is 6.03 Å². The van der Waals surface area contributed by atoms with Gasteiger partial charge in [0.2, 0.25) is 0 Å². The molecule has 2 unspecified atom stereocenters. The van der Waals surface area contributed by atoms with Crippen molar-refractivity contribution in [2.45, 2.75) is 46.2 Å². The van der Waals surface area contributed by atoms with Gasteiger partial charge in [0, 0.05) is 46.4 Å². The van der Waals surface area contributed by atoms with E-state index in [0.717, 1.165) is 5.56 Å². The molecular formula is C26H36FN5O4. The third-order valence-corrected chi connectivity index (χ3v) is 6.67. The van der Waals surface area contributed by atoms with E-state index in [2.05, 4.69) is 0 Å². The minimum Gasteiger partial charge on any atom is -0.384 e. The zero-order valence-corrected chi connectivity index (χ0v) is 22.3. The molecule has 2 heterocycles. The molecule has 0 saturated carbocycles. The Balaban J connectivity index is 2.09. The van der Waals surface area contributed by atoms with Gasteiger partial charge < -0.3 is 19.4 Å². The Morgan fingerprint density at radius 2 is 1.81 bits per heavy atom. The zero-order chi connectivity index (χ0) is 26.9. The first-order chi connectivity index (χ1) is 16.8. The number of urea groups is 1. The van der Waals surface area contributed by atoms with E-state index in [-0.39, 0.29) is 36.7 Å². The van der Waals surface area contributed by atoms with Crippen LogP contribution in [0.15, 0.2) is 24.3 Å². The number of benzene rings is 1. The van der Waals surface area contributed by atoms with Crippen LogP contribution in [0, 0.1) is 18.2 Å². The molecule has 1 fully saturated rings. The Morgan fingerprint density at radius 3 is 2.36 bits per heavy atom. The standard InChI is InChI=1S/C26H36FN5O4/c1-16-22(21-17(2)31(14-20(21)33)25(35)29(5)6)28-32(24(34)26(3,4)15-36-8)23(16)30(7)13-18-9-11-19(27)12-10-18/h9-12,17,21H,13-15H2,1-8H3. The maximum Gasteiger partial charge on any atom is 0.320 e.